The summed E-state index contributed by atoms with van der Waals surface area (Å²) < 4.78 is 28.0. The van der Waals surface area contributed by atoms with Gasteiger partial charge in [-0.25, -0.2) is 0 Å². The normalized spacial score (nSPS) is 19.4. The Morgan fingerprint density at radius 1 is 0.969 bits per heavy atom. The first-order valence-corrected chi connectivity index (χ1v) is 12.0. The minimum Gasteiger partial charge on any atom is -0.493 e. The fourth-order valence-electron chi connectivity index (χ4n) is 4.09. The van der Waals surface area contributed by atoms with E-state index in [0.717, 1.165) is 62.0 Å². The van der Waals surface area contributed by atoms with Crippen LogP contribution < -0.4 is 9.47 Å². The lowest BCUT2D eigenvalue weighted by molar-refractivity contribution is -0.149. The van der Waals surface area contributed by atoms with Gasteiger partial charge in [0.2, 0.25) is 0 Å². The molecule has 2 aliphatic rings. The third-order valence-corrected chi connectivity index (χ3v) is 5.97. The quantitative estimate of drug-likeness (QED) is 0.398. The molecule has 1 saturated carbocycles. The van der Waals surface area contributed by atoms with E-state index in [0.29, 0.717) is 39.1 Å². The highest BCUT2D eigenvalue weighted by atomic mass is 16.5. The molecule has 2 fully saturated rings. The van der Waals surface area contributed by atoms with E-state index >= 15 is 0 Å². The molecular weight excluding hydrogens is 410 g/mol. The molecule has 1 aliphatic heterocycles. The Morgan fingerprint density at radius 3 is 2.09 bits per heavy atom. The molecule has 3 rings (SSSR count). The van der Waals surface area contributed by atoms with Gasteiger partial charge in [0.25, 0.3) is 5.91 Å². The van der Waals surface area contributed by atoms with E-state index in [1.54, 1.807) is 14.2 Å². The molecule has 0 radical (unpaired) electrons. The van der Waals surface area contributed by atoms with Gasteiger partial charge < -0.3 is 28.6 Å². The van der Waals surface area contributed by atoms with Crippen molar-refractivity contribution < 1.29 is 28.5 Å². The fourth-order valence-corrected chi connectivity index (χ4v) is 4.09. The van der Waals surface area contributed by atoms with E-state index in [1.165, 1.54) is 0 Å². The van der Waals surface area contributed by atoms with Gasteiger partial charge in [0.15, 0.2) is 0 Å². The van der Waals surface area contributed by atoms with Gasteiger partial charge in [-0.05, 0) is 56.7 Å². The Bertz CT molecular complexity index is 671. The van der Waals surface area contributed by atoms with Crippen LogP contribution in [0.15, 0.2) is 18.2 Å². The SMILES string of the molecule is COCCCOc1cc(OCCCOC)cc(C(C)N(C(=O)[C@H]2CCCCO2)C2CC2)c1. The monoisotopic (exact) mass is 449 g/mol. The number of methoxy groups -OCH3 is 2. The summed E-state index contributed by atoms with van der Waals surface area (Å²) in [4.78, 5) is 15.4. The molecule has 0 aromatic heterocycles. The number of benzene rings is 1. The molecular formula is C25H39NO6. The molecule has 0 spiro atoms. The molecule has 180 valence electrons. The van der Waals surface area contributed by atoms with Crippen LogP contribution in [0.2, 0.25) is 0 Å². The van der Waals surface area contributed by atoms with E-state index in [2.05, 4.69) is 6.92 Å². The zero-order chi connectivity index (χ0) is 22.8. The fraction of sp³-hybridized carbons (Fsp3) is 0.720. The van der Waals surface area contributed by atoms with Crippen molar-refractivity contribution in [3.63, 3.8) is 0 Å². The summed E-state index contributed by atoms with van der Waals surface area (Å²) in [6.07, 6.45) is 6.31. The second-order valence-electron chi connectivity index (χ2n) is 8.64. The van der Waals surface area contributed by atoms with Crippen LogP contribution >= 0.6 is 0 Å². The summed E-state index contributed by atoms with van der Waals surface area (Å²) in [5.74, 6) is 1.63. The van der Waals surface area contributed by atoms with Crippen molar-refractivity contribution in [1.29, 1.82) is 0 Å². The molecule has 1 aromatic carbocycles. The van der Waals surface area contributed by atoms with Crippen molar-refractivity contribution in [3.8, 4) is 11.5 Å². The number of nitrogens with zero attached hydrogens (tertiary/aromatic N) is 1. The standard InChI is InChI=1S/C25H39NO6/c1-19(26(21-9-10-21)25(27)24-8-4-5-13-32-24)20-16-22(30-14-6-11-28-2)18-23(17-20)31-15-7-12-29-3/h16-19,21,24H,4-15H2,1-3H3/t19?,24-/m1/s1. The Kier molecular flexibility index (Phi) is 10.1. The first-order valence-electron chi connectivity index (χ1n) is 12.0. The molecule has 1 unspecified atom stereocenters. The van der Waals surface area contributed by atoms with Gasteiger partial charge in [0, 0.05) is 59.0 Å². The van der Waals surface area contributed by atoms with Crippen LogP contribution in [0.1, 0.15) is 63.5 Å². The number of amides is 1. The van der Waals surface area contributed by atoms with Crippen molar-refractivity contribution in [2.45, 2.75) is 70.1 Å². The lowest BCUT2D eigenvalue weighted by atomic mass is 10.0. The number of ether oxygens (including phenoxy) is 5. The molecule has 7 nitrogen and oxygen atoms in total. The number of rotatable bonds is 14. The molecule has 0 bridgehead atoms. The molecule has 1 amide bonds. The molecule has 1 heterocycles. The number of carbonyl (C=O) groups excluding carboxylic acids is 1. The summed E-state index contributed by atoms with van der Waals surface area (Å²) in [5.41, 5.74) is 1.02. The highest BCUT2D eigenvalue weighted by molar-refractivity contribution is 5.82. The highest BCUT2D eigenvalue weighted by Gasteiger charge is 2.40. The van der Waals surface area contributed by atoms with E-state index < -0.39 is 0 Å². The van der Waals surface area contributed by atoms with E-state index in [9.17, 15) is 4.79 Å². The lowest BCUT2D eigenvalue weighted by Gasteiger charge is -2.34. The van der Waals surface area contributed by atoms with Crippen molar-refractivity contribution in [3.05, 3.63) is 23.8 Å². The highest BCUT2D eigenvalue weighted by Crippen LogP contribution is 2.38. The summed E-state index contributed by atoms with van der Waals surface area (Å²) in [5, 5.41) is 0. The van der Waals surface area contributed by atoms with Crippen LogP contribution in [0.3, 0.4) is 0 Å². The molecule has 1 saturated heterocycles. The average molecular weight is 450 g/mol. The minimum atomic E-state index is -0.315. The molecule has 0 N–H and O–H groups in total. The van der Waals surface area contributed by atoms with Crippen LogP contribution in [0.4, 0.5) is 0 Å². The van der Waals surface area contributed by atoms with Gasteiger partial charge >= 0.3 is 0 Å². The van der Waals surface area contributed by atoms with Gasteiger partial charge in [-0.1, -0.05) is 0 Å². The Hall–Kier alpha value is -1.83. The van der Waals surface area contributed by atoms with Gasteiger partial charge in [-0.2, -0.15) is 0 Å². The second-order valence-corrected chi connectivity index (χ2v) is 8.64. The second kappa shape index (κ2) is 13.0. The first-order chi connectivity index (χ1) is 15.6. The van der Waals surface area contributed by atoms with Crippen molar-refractivity contribution >= 4 is 5.91 Å². The van der Waals surface area contributed by atoms with E-state index in [1.807, 2.05) is 23.1 Å². The smallest absolute Gasteiger partial charge is 0.252 e. The average Bonchev–Trinajstić information content (AvgIpc) is 3.65. The Balaban J connectivity index is 1.75. The van der Waals surface area contributed by atoms with Crippen LogP contribution in [-0.4, -0.2) is 70.2 Å². The first kappa shape index (κ1) is 24.8. The zero-order valence-corrected chi connectivity index (χ0v) is 19.8. The third-order valence-electron chi connectivity index (χ3n) is 5.97. The Morgan fingerprint density at radius 2 is 1.59 bits per heavy atom. The summed E-state index contributed by atoms with van der Waals surface area (Å²) in [6, 6.07) is 6.20. The van der Waals surface area contributed by atoms with Crippen LogP contribution in [0, 0.1) is 0 Å². The number of hydrogen-bond donors (Lipinski definition) is 0. The van der Waals surface area contributed by atoms with Gasteiger partial charge in [0.05, 0.1) is 19.3 Å². The van der Waals surface area contributed by atoms with Crippen molar-refractivity contribution in [2.24, 2.45) is 0 Å². The van der Waals surface area contributed by atoms with Crippen LogP contribution in [-0.2, 0) is 19.0 Å². The molecule has 1 aliphatic carbocycles. The van der Waals surface area contributed by atoms with Crippen molar-refractivity contribution in [1.82, 2.24) is 4.90 Å². The summed E-state index contributed by atoms with van der Waals surface area (Å²) >= 11 is 0. The summed E-state index contributed by atoms with van der Waals surface area (Å²) in [6.45, 7) is 5.21. The molecule has 7 heteroatoms. The maximum Gasteiger partial charge on any atom is 0.252 e. The summed E-state index contributed by atoms with van der Waals surface area (Å²) in [7, 11) is 3.38. The number of hydrogen-bond acceptors (Lipinski definition) is 6. The van der Waals surface area contributed by atoms with E-state index in [-0.39, 0.29) is 18.1 Å². The van der Waals surface area contributed by atoms with Crippen LogP contribution in [0.25, 0.3) is 0 Å². The van der Waals surface area contributed by atoms with Gasteiger partial charge in [-0.3, -0.25) is 4.79 Å². The molecule has 32 heavy (non-hydrogen) atoms. The molecule has 2 atom stereocenters. The Labute approximate surface area is 192 Å². The van der Waals surface area contributed by atoms with Gasteiger partial charge in [-0.15, -0.1) is 0 Å². The maximum absolute atomic E-state index is 13.4. The van der Waals surface area contributed by atoms with Gasteiger partial charge in [0.1, 0.15) is 17.6 Å². The number of carbonyl (C=O) groups is 1. The van der Waals surface area contributed by atoms with E-state index in [4.69, 9.17) is 23.7 Å². The molecule has 1 aromatic rings. The topological polar surface area (TPSA) is 66.5 Å². The maximum atomic E-state index is 13.4. The minimum absolute atomic E-state index is 0.0793. The predicted molar refractivity (Wildman–Crippen MR) is 122 cm³/mol. The predicted octanol–water partition coefficient (Wildman–Crippen LogP) is 4.14. The third kappa shape index (κ3) is 7.36. The lowest BCUT2D eigenvalue weighted by Crippen LogP contribution is -2.44. The zero-order valence-electron chi connectivity index (χ0n) is 19.8. The van der Waals surface area contributed by atoms with Crippen LogP contribution in [0.5, 0.6) is 11.5 Å². The largest absolute Gasteiger partial charge is 0.493 e. The van der Waals surface area contributed by atoms with Crippen molar-refractivity contribution in [2.75, 3.05) is 47.3 Å².